The van der Waals surface area contributed by atoms with Gasteiger partial charge in [-0.25, -0.2) is 18.9 Å². The zero-order chi connectivity index (χ0) is 22.5. The summed E-state index contributed by atoms with van der Waals surface area (Å²) in [5.74, 6) is 0.694. The number of nitrogens with zero attached hydrogens (tertiary/aromatic N) is 6. The summed E-state index contributed by atoms with van der Waals surface area (Å²) in [6.45, 7) is -0.829. The molecule has 1 unspecified atom stereocenters. The van der Waals surface area contributed by atoms with Gasteiger partial charge in [-0.1, -0.05) is 6.07 Å². The van der Waals surface area contributed by atoms with Crippen LogP contribution >= 0.6 is 11.3 Å². The zero-order valence-corrected chi connectivity index (χ0v) is 18.2. The van der Waals surface area contributed by atoms with Gasteiger partial charge in [0.05, 0.1) is 18.5 Å². The molecule has 1 aromatic carbocycles. The molecule has 32 heavy (non-hydrogen) atoms. The van der Waals surface area contributed by atoms with Crippen LogP contribution < -0.4 is 4.74 Å². The Bertz CT molecular complexity index is 1330. The molecular weight excluding hydrogens is 465 g/mol. The topological polar surface area (TPSA) is 87.7 Å². The summed E-state index contributed by atoms with van der Waals surface area (Å²) >= 11 is 1.29. The lowest BCUT2D eigenvalue weighted by molar-refractivity contribution is -0.142. The van der Waals surface area contributed by atoms with Crippen molar-refractivity contribution in [2.45, 2.75) is 19.1 Å². The van der Waals surface area contributed by atoms with Crippen LogP contribution in [0.3, 0.4) is 0 Å². The second-order valence-electron chi connectivity index (χ2n) is 7.01. The molecule has 4 heterocycles. The standard InChI is InChI=1S/C19H15F3N6O2S2/c1-32(29)28-8-12(7-24-28)11-2-3-13-14(6-11)30-5-4-15-16(13)26-18(31-15)17-23-10-25-27(17)9-19(20,21)22/h2-3,6-8,10H,4-5,9H2,1H3. The molecule has 0 fully saturated rings. The van der Waals surface area contributed by atoms with E-state index < -0.39 is 23.7 Å². The van der Waals surface area contributed by atoms with E-state index in [1.54, 1.807) is 12.4 Å². The van der Waals surface area contributed by atoms with E-state index in [4.69, 9.17) is 4.74 Å². The highest BCUT2D eigenvalue weighted by atomic mass is 32.2. The number of fused-ring (bicyclic) bond motifs is 3. The van der Waals surface area contributed by atoms with E-state index in [0.717, 1.165) is 32.6 Å². The number of benzene rings is 1. The Labute approximate surface area is 186 Å². The van der Waals surface area contributed by atoms with Crippen LogP contribution in [0.15, 0.2) is 36.9 Å². The lowest BCUT2D eigenvalue weighted by Gasteiger charge is -2.09. The van der Waals surface area contributed by atoms with Crippen molar-refractivity contribution < 1.29 is 22.1 Å². The van der Waals surface area contributed by atoms with Crippen molar-refractivity contribution in [1.82, 2.24) is 28.9 Å². The van der Waals surface area contributed by atoms with Crippen molar-refractivity contribution in [3.8, 4) is 39.0 Å². The summed E-state index contributed by atoms with van der Waals surface area (Å²) < 4.78 is 58.3. The van der Waals surface area contributed by atoms with Crippen molar-refractivity contribution >= 4 is 22.3 Å². The van der Waals surface area contributed by atoms with Gasteiger partial charge in [-0.2, -0.15) is 27.5 Å². The molecule has 0 radical (unpaired) electrons. The highest BCUT2D eigenvalue weighted by Crippen LogP contribution is 2.41. The molecule has 8 nitrogen and oxygen atoms in total. The number of rotatable bonds is 4. The summed E-state index contributed by atoms with van der Waals surface area (Å²) in [7, 11) is -1.25. The molecule has 0 saturated carbocycles. The summed E-state index contributed by atoms with van der Waals surface area (Å²) in [4.78, 5) is 9.51. The number of hydrogen-bond acceptors (Lipinski definition) is 7. The molecule has 166 valence electrons. The largest absolute Gasteiger partial charge is 0.492 e. The van der Waals surface area contributed by atoms with Crippen LogP contribution in [0.4, 0.5) is 13.2 Å². The first-order chi connectivity index (χ1) is 15.3. The van der Waals surface area contributed by atoms with Gasteiger partial charge in [0.2, 0.25) is 0 Å². The molecule has 5 rings (SSSR count). The van der Waals surface area contributed by atoms with E-state index in [9.17, 15) is 17.4 Å². The van der Waals surface area contributed by atoms with Gasteiger partial charge in [-0.3, -0.25) is 0 Å². The second kappa shape index (κ2) is 7.81. The fourth-order valence-electron chi connectivity index (χ4n) is 3.41. The van der Waals surface area contributed by atoms with Crippen LogP contribution in [0, 0.1) is 0 Å². The van der Waals surface area contributed by atoms with Crippen molar-refractivity contribution in [2.75, 3.05) is 12.9 Å². The molecule has 1 atom stereocenters. The van der Waals surface area contributed by atoms with Crippen molar-refractivity contribution in [3.63, 3.8) is 0 Å². The Kier molecular flexibility index (Phi) is 5.08. The van der Waals surface area contributed by atoms with Crippen molar-refractivity contribution in [1.29, 1.82) is 0 Å². The molecule has 3 aromatic heterocycles. The number of aromatic nitrogens is 6. The first-order valence-corrected chi connectivity index (χ1v) is 11.7. The Hall–Kier alpha value is -3.06. The highest BCUT2D eigenvalue weighted by molar-refractivity contribution is 7.82. The number of ether oxygens (including phenoxy) is 1. The smallest absolute Gasteiger partial charge is 0.408 e. The minimum Gasteiger partial charge on any atom is -0.492 e. The maximum Gasteiger partial charge on any atom is 0.408 e. The zero-order valence-electron chi connectivity index (χ0n) is 16.5. The first kappa shape index (κ1) is 20.8. The minimum absolute atomic E-state index is 0.0828. The molecule has 0 spiro atoms. The van der Waals surface area contributed by atoms with E-state index in [1.165, 1.54) is 21.7 Å². The van der Waals surface area contributed by atoms with E-state index in [2.05, 4.69) is 20.2 Å². The summed E-state index contributed by atoms with van der Waals surface area (Å²) in [6, 6.07) is 5.59. The normalized spacial score (nSPS) is 14.4. The predicted molar refractivity (Wildman–Crippen MR) is 113 cm³/mol. The maximum absolute atomic E-state index is 12.9. The monoisotopic (exact) mass is 480 g/mol. The lowest BCUT2D eigenvalue weighted by atomic mass is 10.0. The summed E-state index contributed by atoms with van der Waals surface area (Å²) in [6.07, 6.45) is 2.10. The van der Waals surface area contributed by atoms with Gasteiger partial charge in [0.25, 0.3) is 0 Å². The van der Waals surface area contributed by atoms with Crippen LogP contribution in [0.1, 0.15) is 4.88 Å². The fraction of sp³-hybridized carbons (Fsp3) is 0.263. The van der Waals surface area contributed by atoms with Gasteiger partial charge in [0.15, 0.2) is 10.8 Å². The average molecular weight is 480 g/mol. The third-order valence-electron chi connectivity index (χ3n) is 4.81. The molecule has 0 aliphatic carbocycles. The quantitative estimate of drug-likeness (QED) is 0.444. The van der Waals surface area contributed by atoms with Crippen LogP contribution in [-0.4, -0.2) is 52.2 Å². The number of alkyl halides is 3. The Morgan fingerprint density at radius 2 is 2.09 bits per heavy atom. The maximum atomic E-state index is 12.9. The molecule has 1 aliphatic heterocycles. The Morgan fingerprint density at radius 1 is 1.25 bits per heavy atom. The Balaban J connectivity index is 1.53. The van der Waals surface area contributed by atoms with E-state index >= 15 is 0 Å². The van der Waals surface area contributed by atoms with E-state index in [-0.39, 0.29) is 5.82 Å². The SMILES string of the molecule is CS(=O)n1cc(-c2ccc3c(c2)OCCc2sc(-c4ncnn4CC(F)(F)F)nc2-3)cn1. The van der Waals surface area contributed by atoms with E-state index in [0.29, 0.717) is 29.5 Å². The van der Waals surface area contributed by atoms with Gasteiger partial charge in [-0.15, -0.1) is 11.3 Å². The number of halogens is 3. The molecule has 0 bridgehead atoms. The van der Waals surface area contributed by atoms with Crippen LogP contribution in [0.2, 0.25) is 0 Å². The van der Waals surface area contributed by atoms with Gasteiger partial charge in [0.1, 0.15) is 29.6 Å². The third kappa shape index (κ3) is 3.93. The average Bonchev–Trinajstić information content (AvgIpc) is 3.45. The van der Waals surface area contributed by atoms with E-state index in [1.807, 2.05) is 18.2 Å². The molecule has 4 aromatic rings. The molecular formula is C19H15F3N6O2S2. The molecule has 1 aliphatic rings. The summed E-state index contributed by atoms with van der Waals surface area (Å²) in [5.41, 5.74) is 3.03. The first-order valence-electron chi connectivity index (χ1n) is 9.39. The molecule has 13 heteroatoms. The van der Waals surface area contributed by atoms with Crippen LogP contribution in [0.5, 0.6) is 5.75 Å². The molecule has 0 N–H and O–H groups in total. The minimum atomic E-state index is -4.41. The van der Waals surface area contributed by atoms with Gasteiger partial charge in [0, 0.05) is 34.9 Å². The second-order valence-corrected chi connectivity index (χ2v) is 9.32. The fourth-order valence-corrected chi connectivity index (χ4v) is 4.91. The number of hydrogen-bond donors (Lipinski definition) is 0. The number of thiazole rings is 1. The summed E-state index contributed by atoms with van der Waals surface area (Å²) in [5, 5.41) is 8.17. The molecule has 0 saturated heterocycles. The van der Waals surface area contributed by atoms with Crippen LogP contribution in [-0.2, 0) is 24.0 Å². The van der Waals surface area contributed by atoms with Crippen LogP contribution in [0.25, 0.3) is 33.2 Å². The predicted octanol–water partition coefficient (Wildman–Crippen LogP) is 3.57. The van der Waals surface area contributed by atoms with Gasteiger partial charge in [-0.05, 0) is 17.7 Å². The highest BCUT2D eigenvalue weighted by Gasteiger charge is 2.31. The van der Waals surface area contributed by atoms with Gasteiger partial charge >= 0.3 is 6.18 Å². The molecule has 0 amide bonds. The van der Waals surface area contributed by atoms with Crippen molar-refractivity contribution in [2.24, 2.45) is 0 Å². The lowest BCUT2D eigenvalue weighted by Crippen LogP contribution is -2.19. The van der Waals surface area contributed by atoms with Crippen molar-refractivity contribution in [3.05, 3.63) is 41.8 Å². The van der Waals surface area contributed by atoms with Gasteiger partial charge < -0.3 is 4.74 Å². The third-order valence-corrected chi connectivity index (χ3v) is 6.65. The Morgan fingerprint density at radius 3 is 2.84 bits per heavy atom.